The molecular formula is C31H25F3N6O3. The normalized spacial score (nSPS) is 20.0. The minimum absolute atomic E-state index is 0.0846. The van der Waals surface area contributed by atoms with E-state index in [0.717, 1.165) is 19.4 Å². The maximum Gasteiger partial charge on any atom is 0.319 e. The Hall–Kier alpha value is -4.89. The van der Waals surface area contributed by atoms with Crippen LogP contribution in [0, 0.1) is 24.0 Å². The first-order valence-electron chi connectivity index (χ1n) is 13.8. The molecule has 0 radical (unpaired) electrons. The molecule has 5 heterocycles. The smallest absolute Gasteiger partial charge is 0.319 e. The standard InChI is InChI=1S/C31H25F3N6O3/c1-2-21-24(33)5-4-17-8-20(41)9-22(25(17)21)27-26(34)28-23(12-35-27)29(36-11-19-14-42-16-37-19)39-30(38-28)43-15-31-6-3-7-40(31)13-18(32)10-31/h1,4-5,8-9,12,14,16,18,41H,3,6-7,10-11,13,15H2,(H,36,38,39)/t18-,31+/m1/s1. The second-order valence-electron chi connectivity index (χ2n) is 10.9. The van der Waals surface area contributed by atoms with Crippen molar-refractivity contribution in [1.82, 2.24) is 24.8 Å². The zero-order chi connectivity index (χ0) is 29.7. The lowest BCUT2D eigenvalue weighted by atomic mass is 9.95. The Morgan fingerprint density at radius 1 is 1.23 bits per heavy atom. The number of fused-ring (bicyclic) bond motifs is 3. The minimum Gasteiger partial charge on any atom is -0.508 e. The zero-order valence-corrected chi connectivity index (χ0v) is 22.8. The average molecular weight is 587 g/mol. The SMILES string of the molecule is C#Cc1c(F)ccc2cc(O)cc(-c3ncc4c(NCc5cocn5)nc(OC[C@@]56CCCN5C[C@H](F)C6)nc4c3F)c12. The highest BCUT2D eigenvalue weighted by Gasteiger charge is 2.49. The van der Waals surface area contributed by atoms with Gasteiger partial charge in [-0.15, -0.1) is 6.42 Å². The van der Waals surface area contributed by atoms with Crippen LogP contribution >= 0.6 is 0 Å². The minimum atomic E-state index is -0.943. The monoisotopic (exact) mass is 586 g/mol. The van der Waals surface area contributed by atoms with Gasteiger partial charge in [0, 0.05) is 30.1 Å². The number of terminal acetylenes is 1. The largest absolute Gasteiger partial charge is 0.508 e. The Bertz CT molecular complexity index is 1910. The number of phenolic OH excluding ortho intramolecular Hbond substituents is 1. The number of phenols is 1. The summed E-state index contributed by atoms with van der Waals surface area (Å²) < 4.78 is 56.6. The number of oxazole rings is 1. The Kier molecular flexibility index (Phi) is 6.54. The van der Waals surface area contributed by atoms with Gasteiger partial charge in [-0.05, 0) is 43.0 Å². The van der Waals surface area contributed by atoms with E-state index in [1.807, 2.05) is 0 Å². The number of aromatic nitrogens is 4. The molecule has 2 atom stereocenters. The van der Waals surface area contributed by atoms with Crippen LogP contribution in [0.5, 0.6) is 11.8 Å². The number of aromatic hydroxyl groups is 1. The second kappa shape index (κ2) is 10.4. The van der Waals surface area contributed by atoms with Crippen molar-refractivity contribution in [3.63, 3.8) is 0 Å². The lowest BCUT2D eigenvalue weighted by molar-refractivity contribution is 0.107. The maximum absolute atomic E-state index is 16.5. The summed E-state index contributed by atoms with van der Waals surface area (Å²) in [6.45, 7) is 1.49. The van der Waals surface area contributed by atoms with Gasteiger partial charge in [-0.3, -0.25) is 9.88 Å². The number of hydrogen-bond donors (Lipinski definition) is 2. The van der Waals surface area contributed by atoms with Crippen molar-refractivity contribution in [3.05, 3.63) is 66.0 Å². The maximum atomic E-state index is 16.5. The quantitative estimate of drug-likeness (QED) is 0.244. The lowest BCUT2D eigenvalue weighted by Crippen LogP contribution is -2.43. The summed E-state index contributed by atoms with van der Waals surface area (Å²) in [6, 6.07) is 5.23. The third-order valence-electron chi connectivity index (χ3n) is 8.27. The third-order valence-corrected chi connectivity index (χ3v) is 8.27. The van der Waals surface area contributed by atoms with Gasteiger partial charge < -0.3 is 19.6 Å². The molecule has 2 aliphatic heterocycles. The predicted octanol–water partition coefficient (Wildman–Crippen LogP) is 5.37. The molecule has 7 rings (SSSR count). The van der Waals surface area contributed by atoms with Gasteiger partial charge in [0.1, 0.15) is 47.6 Å². The number of halogens is 3. The molecule has 2 saturated heterocycles. The summed E-state index contributed by atoms with van der Waals surface area (Å²) in [5, 5.41) is 14.4. The van der Waals surface area contributed by atoms with Crippen molar-refractivity contribution in [1.29, 1.82) is 0 Å². The van der Waals surface area contributed by atoms with Crippen molar-refractivity contribution >= 4 is 27.5 Å². The summed E-state index contributed by atoms with van der Waals surface area (Å²) in [6.07, 6.45) is 10.9. The number of benzene rings is 2. The zero-order valence-electron chi connectivity index (χ0n) is 22.8. The van der Waals surface area contributed by atoms with Crippen LogP contribution in [0.25, 0.3) is 32.9 Å². The number of rotatable bonds is 7. The molecule has 0 spiro atoms. The molecule has 0 bridgehead atoms. The Morgan fingerprint density at radius 3 is 2.93 bits per heavy atom. The molecule has 2 N–H and O–H groups in total. The fraction of sp³-hybridized carbons (Fsp3) is 0.290. The van der Waals surface area contributed by atoms with Crippen LogP contribution in [0.3, 0.4) is 0 Å². The molecule has 5 aromatic rings. The molecule has 12 heteroatoms. The van der Waals surface area contributed by atoms with Crippen molar-refractivity contribution in [3.8, 4) is 35.4 Å². The van der Waals surface area contributed by atoms with Gasteiger partial charge in [-0.1, -0.05) is 12.0 Å². The topological polar surface area (TPSA) is 109 Å². The highest BCUT2D eigenvalue weighted by molar-refractivity contribution is 6.02. The predicted molar refractivity (Wildman–Crippen MR) is 152 cm³/mol. The highest BCUT2D eigenvalue weighted by Crippen LogP contribution is 2.41. The van der Waals surface area contributed by atoms with E-state index < -0.39 is 23.3 Å². The van der Waals surface area contributed by atoms with Crippen LogP contribution in [0.15, 0.2) is 47.5 Å². The summed E-state index contributed by atoms with van der Waals surface area (Å²) in [7, 11) is 0. The molecule has 2 aliphatic rings. The van der Waals surface area contributed by atoms with Crippen LogP contribution in [0.1, 0.15) is 30.5 Å². The van der Waals surface area contributed by atoms with E-state index >= 15 is 4.39 Å². The fourth-order valence-electron chi connectivity index (χ4n) is 6.32. The van der Waals surface area contributed by atoms with Crippen molar-refractivity contribution in [2.45, 2.75) is 37.5 Å². The molecule has 2 fully saturated rings. The van der Waals surface area contributed by atoms with E-state index in [1.165, 1.54) is 43.1 Å². The van der Waals surface area contributed by atoms with E-state index in [2.05, 4.69) is 36.1 Å². The highest BCUT2D eigenvalue weighted by atomic mass is 19.1. The average Bonchev–Trinajstić information content (AvgIpc) is 3.72. The molecule has 0 saturated carbocycles. The van der Waals surface area contributed by atoms with Crippen molar-refractivity contribution < 1.29 is 27.4 Å². The van der Waals surface area contributed by atoms with Gasteiger partial charge in [0.25, 0.3) is 0 Å². The van der Waals surface area contributed by atoms with Crippen LogP contribution in [-0.4, -0.2) is 61.3 Å². The number of alkyl halides is 1. The van der Waals surface area contributed by atoms with Gasteiger partial charge in [0.2, 0.25) is 0 Å². The summed E-state index contributed by atoms with van der Waals surface area (Å²) in [4.78, 5) is 19.4. The van der Waals surface area contributed by atoms with E-state index in [9.17, 15) is 13.9 Å². The van der Waals surface area contributed by atoms with Gasteiger partial charge in [-0.2, -0.15) is 9.97 Å². The van der Waals surface area contributed by atoms with E-state index in [1.54, 1.807) is 0 Å². The van der Waals surface area contributed by atoms with Crippen LogP contribution in [0.2, 0.25) is 0 Å². The van der Waals surface area contributed by atoms with Gasteiger partial charge >= 0.3 is 6.01 Å². The molecular weight excluding hydrogens is 561 g/mol. The number of pyridine rings is 1. The van der Waals surface area contributed by atoms with Gasteiger partial charge in [0.15, 0.2) is 12.2 Å². The third kappa shape index (κ3) is 4.66. The first-order valence-corrected chi connectivity index (χ1v) is 13.8. The number of anilines is 1. The molecule has 0 amide bonds. The van der Waals surface area contributed by atoms with Crippen molar-refractivity contribution in [2.75, 3.05) is 25.0 Å². The van der Waals surface area contributed by atoms with Crippen LogP contribution in [-0.2, 0) is 6.54 Å². The van der Waals surface area contributed by atoms with Gasteiger partial charge in [-0.25, -0.2) is 18.2 Å². The van der Waals surface area contributed by atoms with Gasteiger partial charge in [0.05, 0.1) is 28.7 Å². The molecule has 43 heavy (non-hydrogen) atoms. The summed E-state index contributed by atoms with van der Waals surface area (Å²) in [5.41, 5.74) is -0.194. The van der Waals surface area contributed by atoms with Crippen LogP contribution < -0.4 is 10.1 Å². The first kappa shape index (κ1) is 27.0. The molecule has 0 unspecified atom stereocenters. The second-order valence-corrected chi connectivity index (χ2v) is 10.9. The summed E-state index contributed by atoms with van der Waals surface area (Å²) in [5.74, 6) is 0.870. The van der Waals surface area contributed by atoms with Crippen molar-refractivity contribution in [2.24, 2.45) is 0 Å². The van der Waals surface area contributed by atoms with Crippen LogP contribution in [0.4, 0.5) is 19.0 Å². The number of hydrogen-bond acceptors (Lipinski definition) is 9. The number of nitrogens with zero attached hydrogens (tertiary/aromatic N) is 5. The van der Waals surface area contributed by atoms with E-state index in [-0.39, 0.29) is 63.8 Å². The molecule has 9 nitrogen and oxygen atoms in total. The molecule has 3 aromatic heterocycles. The van der Waals surface area contributed by atoms with E-state index in [0.29, 0.717) is 24.0 Å². The Balaban J connectivity index is 1.35. The molecule has 218 valence electrons. The fourth-order valence-corrected chi connectivity index (χ4v) is 6.32. The lowest BCUT2D eigenvalue weighted by Gasteiger charge is -2.30. The van der Waals surface area contributed by atoms with E-state index in [4.69, 9.17) is 15.6 Å². The summed E-state index contributed by atoms with van der Waals surface area (Å²) >= 11 is 0. The Labute approximate surface area is 243 Å². The molecule has 0 aliphatic carbocycles. The number of nitrogens with one attached hydrogen (secondary N) is 1. The molecule has 2 aromatic carbocycles. The Morgan fingerprint density at radius 2 is 2.12 bits per heavy atom. The first-order chi connectivity index (χ1) is 20.8. The number of ether oxygens (including phenoxy) is 1.